The topological polar surface area (TPSA) is 140 Å². The van der Waals surface area contributed by atoms with Crippen LogP contribution in [-0.4, -0.2) is 71.1 Å². The van der Waals surface area contributed by atoms with Crippen LogP contribution in [0.4, 0.5) is 24.9 Å². The quantitative estimate of drug-likeness (QED) is 0.511. The van der Waals surface area contributed by atoms with Crippen LogP contribution in [0.15, 0.2) is 48.5 Å². The number of phenolic OH excluding ortho intramolecular Hbond substituents is 1. The van der Waals surface area contributed by atoms with Crippen LogP contribution in [0.25, 0.3) is 11.3 Å². The van der Waals surface area contributed by atoms with Crippen molar-refractivity contribution in [3.05, 3.63) is 65.2 Å². The van der Waals surface area contributed by atoms with Gasteiger partial charge in [-0.2, -0.15) is 23.4 Å². The fourth-order valence-corrected chi connectivity index (χ4v) is 4.08. The van der Waals surface area contributed by atoms with Gasteiger partial charge in [-0.15, -0.1) is 0 Å². The highest BCUT2D eigenvalue weighted by molar-refractivity contribution is 6.07. The molecule has 2 aromatic carbocycles. The number of hydrogen-bond acceptors (Lipinski definition) is 8. The third kappa shape index (κ3) is 6.24. The van der Waals surface area contributed by atoms with Crippen LogP contribution >= 0.6 is 0 Å². The molecule has 1 amide bonds. The molecule has 0 spiro atoms. The average Bonchev–Trinajstić information content (AvgIpc) is 3.36. The molecule has 0 saturated carbocycles. The molecule has 0 unspecified atom stereocenters. The second kappa shape index (κ2) is 11.4. The van der Waals surface area contributed by atoms with Gasteiger partial charge in [0.2, 0.25) is 5.95 Å². The number of carbonyl (C=O) groups is 2. The van der Waals surface area contributed by atoms with E-state index in [1.54, 1.807) is 47.4 Å². The minimum Gasteiger partial charge on any atom is -0.508 e. The summed E-state index contributed by atoms with van der Waals surface area (Å²) in [5.74, 6) is -1.63. The second-order valence-corrected chi connectivity index (χ2v) is 8.52. The molecule has 1 fully saturated rings. The number of fused-ring (bicyclic) bond motifs is 1. The average molecular weight is 541 g/mol. The number of aromatic nitrogens is 2. The van der Waals surface area contributed by atoms with Crippen LogP contribution in [0.2, 0.25) is 0 Å². The molecule has 2 aliphatic rings. The van der Waals surface area contributed by atoms with Gasteiger partial charge in [-0.05, 0) is 42.8 Å². The zero-order valence-electron chi connectivity index (χ0n) is 20.4. The Morgan fingerprint density at radius 3 is 2.28 bits per heavy atom. The van der Waals surface area contributed by atoms with E-state index in [1.165, 1.54) is 0 Å². The number of amides is 1. The molecule has 0 atom stereocenters. The summed E-state index contributed by atoms with van der Waals surface area (Å²) < 4.78 is 37.2. The standard InChI is InChI=1S/C24H21N5O3.C2HF3O2/c25-15-16-4-6-17(7-5-16)23(31)29-9-8-20-21(18-2-1-3-19(30)14-18)26-24(27-22(20)29)28-10-12-32-13-11-28;3-2(4,5)1(6)7/h1-7,14,30H,8-13H2;(H,6,7). The highest BCUT2D eigenvalue weighted by Gasteiger charge is 2.38. The van der Waals surface area contributed by atoms with E-state index in [0.29, 0.717) is 62.2 Å². The molecule has 3 heterocycles. The van der Waals surface area contributed by atoms with Crippen molar-refractivity contribution in [1.82, 2.24) is 9.97 Å². The van der Waals surface area contributed by atoms with Crippen molar-refractivity contribution in [3.8, 4) is 23.1 Å². The fourth-order valence-electron chi connectivity index (χ4n) is 4.08. The molecule has 13 heteroatoms. The molecule has 5 rings (SSSR count). The van der Waals surface area contributed by atoms with Crippen LogP contribution in [0.3, 0.4) is 0 Å². The molecule has 39 heavy (non-hydrogen) atoms. The van der Waals surface area contributed by atoms with E-state index < -0.39 is 12.1 Å². The largest absolute Gasteiger partial charge is 0.508 e. The zero-order chi connectivity index (χ0) is 28.2. The Morgan fingerprint density at radius 1 is 1.03 bits per heavy atom. The van der Waals surface area contributed by atoms with Gasteiger partial charge in [0.15, 0.2) is 0 Å². The molecule has 202 valence electrons. The van der Waals surface area contributed by atoms with Crippen LogP contribution in [0.5, 0.6) is 5.75 Å². The maximum Gasteiger partial charge on any atom is 0.490 e. The Morgan fingerprint density at radius 2 is 1.69 bits per heavy atom. The molecule has 0 radical (unpaired) electrons. The Balaban J connectivity index is 0.000000448. The maximum atomic E-state index is 13.3. The third-order valence-corrected chi connectivity index (χ3v) is 5.98. The predicted octanol–water partition coefficient (Wildman–Crippen LogP) is 3.39. The SMILES string of the molecule is N#Cc1ccc(C(=O)N2CCc3c(-c4cccc(O)c4)nc(N4CCOCC4)nc32)cc1.O=C(O)C(F)(F)F. The Labute approximate surface area is 220 Å². The third-order valence-electron chi connectivity index (χ3n) is 5.98. The molecular formula is C26H22F3N5O5. The van der Waals surface area contributed by atoms with Crippen LogP contribution in [0, 0.1) is 11.3 Å². The predicted molar refractivity (Wildman–Crippen MR) is 132 cm³/mol. The fraction of sp³-hybridized carbons (Fsp3) is 0.269. The van der Waals surface area contributed by atoms with E-state index in [-0.39, 0.29) is 11.7 Å². The second-order valence-electron chi connectivity index (χ2n) is 8.52. The zero-order valence-corrected chi connectivity index (χ0v) is 20.4. The van der Waals surface area contributed by atoms with Gasteiger partial charge in [0.05, 0.1) is 30.5 Å². The number of anilines is 2. The number of carbonyl (C=O) groups excluding carboxylic acids is 1. The summed E-state index contributed by atoms with van der Waals surface area (Å²) in [5, 5.41) is 26.2. The first-order valence-electron chi connectivity index (χ1n) is 11.7. The number of benzene rings is 2. The van der Waals surface area contributed by atoms with Crippen molar-refractivity contribution in [1.29, 1.82) is 5.26 Å². The van der Waals surface area contributed by atoms with Gasteiger partial charge in [0.25, 0.3) is 5.91 Å². The number of carboxylic acids is 1. The van der Waals surface area contributed by atoms with Crippen molar-refractivity contribution in [2.45, 2.75) is 12.6 Å². The first-order chi connectivity index (χ1) is 18.6. The number of morpholine rings is 1. The molecule has 3 aromatic rings. The van der Waals surface area contributed by atoms with Crippen molar-refractivity contribution < 1.29 is 37.7 Å². The minimum absolute atomic E-state index is 0.159. The number of rotatable bonds is 3. The molecule has 1 aromatic heterocycles. The number of alkyl halides is 3. The van der Waals surface area contributed by atoms with Gasteiger partial charge in [-0.3, -0.25) is 9.69 Å². The summed E-state index contributed by atoms with van der Waals surface area (Å²) in [7, 11) is 0. The molecule has 1 saturated heterocycles. The van der Waals surface area contributed by atoms with E-state index in [4.69, 9.17) is 29.9 Å². The monoisotopic (exact) mass is 541 g/mol. The first kappa shape index (κ1) is 27.3. The van der Waals surface area contributed by atoms with Gasteiger partial charge < -0.3 is 19.8 Å². The molecule has 0 bridgehead atoms. The number of halogens is 3. The summed E-state index contributed by atoms with van der Waals surface area (Å²) in [6, 6.07) is 15.7. The van der Waals surface area contributed by atoms with Gasteiger partial charge in [0, 0.05) is 36.3 Å². The van der Waals surface area contributed by atoms with E-state index in [1.807, 2.05) is 6.07 Å². The van der Waals surface area contributed by atoms with Crippen molar-refractivity contribution in [3.63, 3.8) is 0 Å². The Hall–Kier alpha value is -4.70. The number of nitriles is 1. The molecule has 2 N–H and O–H groups in total. The Bertz CT molecular complexity index is 1420. The molecular weight excluding hydrogens is 519 g/mol. The van der Waals surface area contributed by atoms with E-state index in [0.717, 1.165) is 16.8 Å². The van der Waals surface area contributed by atoms with Crippen molar-refractivity contribution >= 4 is 23.6 Å². The van der Waals surface area contributed by atoms with Crippen molar-refractivity contribution in [2.24, 2.45) is 0 Å². The lowest BCUT2D eigenvalue weighted by Gasteiger charge is -2.28. The summed E-state index contributed by atoms with van der Waals surface area (Å²) in [5.41, 5.74) is 3.40. The van der Waals surface area contributed by atoms with E-state index >= 15 is 0 Å². The van der Waals surface area contributed by atoms with E-state index in [2.05, 4.69) is 11.0 Å². The number of aromatic hydroxyl groups is 1. The minimum atomic E-state index is -5.08. The van der Waals surface area contributed by atoms with Crippen LogP contribution < -0.4 is 9.80 Å². The normalized spacial score (nSPS) is 14.6. The van der Waals surface area contributed by atoms with Crippen LogP contribution in [0.1, 0.15) is 21.5 Å². The van der Waals surface area contributed by atoms with Crippen LogP contribution in [-0.2, 0) is 16.0 Å². The van der Waals surface area contributed by atoms with Gasteiger partial charge >= 0.3 is 12.1 Å². The number of carboxylic acid groups (broad SMARTS) is 1. The summed E-state index contributed by atoms with van der Waals surface area (Å²) in [6.45, 7) is 3.01. The molecule has 2 aliphatic heterocycles. The highest BCUT2D eigenvalue weighted by Crippen LogP contribution is 2.37. The number of nitrogens with zero attached hydrogens (tertiary/aromatic N) is 5. The lowest BCUT2D eigenvalue weighted by atomic mass is 10.1. The smallest absolute Gasteiger partial charge is 0.490 e. The van der Waals surface area contributed by atoms with Crippen molar-refractivity contribution in [2.75, 3.05) is 42.6 Å². The van der Waals surface area contributed by atoms with Gasteiger partial charge in [-0.1, -0.05) is 12.1 Å². The lowest BCUT2D eigenvalue weighted by Crippen LogP contribution is -2.38. The number of aliphatic carboxylic acids is 1. The first-order valence-corrected chi connectivity index (χ1v) is 11.7. The summed E-state index contributed by atoms with van der Waals surface area (Å²) in [6.07, 6.45) is -4.47. The van der Waals surface area contributed by atoms with E-state index in [9.17, 15) is 23.1 Å². The highest BCUT2D eigenvalue weighted by atomic mass is 19.4. The number of ether oxygens (including phenoxy) is 1. The van der Waals surface area contributed by atoms with Gasteiger partial charge in [0.1, 0.15) is 11.6 Å². The lowest BCUT2D eigenvalue weighted by molar-refractivity contribution is -0.192. The number of phenols is 1. The molecule has 0 aliphatic carbocycles. The summed E-state index contributed by atoms with van der Waals surface area (Å²) >= 11 is 0. The molecule has 10 nitrogen and oxygen atoms in total. The maximum absolute atomic E-state index is 13.3. The summed E-state index contributed by atoms with van der Waals surface area (Å²) in [4.78, 5) is 35.6. The Kier molecular flexibility index (Phi) is 7.96. The number of hydrogen-bond donors (Lipinski definition) is 2. The van der Waals surface area contributed by atoms with Gasteiger partial charge in [-0.25, -0.2) is 9.78 Å².